The van der Waals surface area contributed by atoms with Crippen LogP contribution < -0.4 is 0 Å². The topological polar surface area (TPSA) is 63.6 Å². The summed E-state index contributed by atoms with van der Waals surface area (Å²) in [5.74, 6) is -5.79. The zero-order chi connectivity index (χ0) is 17.6. The molecule has 22 heavy (non-hydrogen) atoms. The molecule has 134 valence electrons. The number of alkyl halides is 6. The molecule has 0 rings (SSSR count). The van der Waals surface area contributed by atoms with E-state index >= 15 is 0 Å². The molecule has 0 bridgehead atoms. The average molecular weight is 360 g/mol. The lowest BCUT2D eigenvalue weighted by molar-refractivity contribution is -0.311. The molecule has 0 aromatic rings. The summed E-state index contributed by atoms with van der Waals surface area (Å²) >= 11 is 0. The van der Waals surface area contributed by atoms with Crippen LogP contribution in [0.15, 0.2) is 0 Å². The van der Waals surface area contributed by atoms with Crippen molar-refractivity contribution in [2.75, 3.05) is 0 Å². The Morgan fingerprint density at radius 1 is 1.05 bits per heavy atom. The van der Waals surface area contributed by atoms with Gasteiger partial charge in [-0.2, -0.15) is 30.4 Å². The fraction of sp³-hybridized carbons (Fsp3) is 1.00. The van der Waals surface area contributed by atoms with Crippen LogP contribution in [0.25, 0.3) is 0 Å². The fourth-order valence-electron chi connectivity index (χ4n) is 1.74. The molecule has 0 saturated heterocycles. The van der Waals surface area contributed by atoms with Crippen molar-refractivity contribution in [2.24, 2.45) is 0 Å². The van der Waals surface area contributed by atoms with Crippen molar-refractivity contribution in [3.8, 4) is 0 Å². The van der Waals surface area contributed by atoms with Gasteiger partial charge in [0.15, 0.2) is 0 Å². The van der Waals surface area contributed by atoms with E-state index in [1.807, 2.05) is 6.92 Å². The van der Waals surface area contributed by atoms with Gasteiger partial charge >= 0.3 is 22.5 Å². The van der Waals surface area contributed by atoms with Crippen LogP contribution in [0.2, 0.25) is 0 Å². The lowest BCUT2D eigenvalue weighted by Crippen LogP contribution is -2.51. The van der Waals surface area contributed by atoms with Crippen molar-refractivity contribution in [3.63, 3.8) is 0 Å². The predicted molar refractivity (Wildman–Crippen MR) is 65.7 cm³/mol. The van der Waals surface area contributed by atoms with E-state index in [0.29, 0.717) is 12.8 Å². The van der Waals surface area contributed by atoms with E-state index in [9.17, 15) is 34.8 Å². The summed E-state index contributed by atoms with van der Waals surface area (Å²) in [5, 5.41) is 0. The molecule has 0 amide bonds. The molecule has 0 radical (unpaired) electrons. The third-order valence-electron chi connectivity index (χ3n) is 2.89. The molecule has 0 aliphatic rings. The zero-order valence-corrected chi connectivity index (χ0v) is 12.6. The second kappa shape index (κ2) is 8.34. The molecule has 0 spiro atoms. The minimum atomic E-state index is -6.20. The Bertz CT molecular complexity index is 423. The Balaban J connectivity index is 4.92. The number of hydrogen-bond acceptors (Lipinski definition) is 3. The van der Waals surface area contributed by atoms with Gasteiger partial charge < -0.3 is 0 Å². The lowest BCUT2D eigenvalue weighted by Gasteiger charge is -2.28. The monoisotopic (exact) mass is 360 g/mol. The number of halogens is 6. The minimum Gasteiger partial charge on any atom is -0.264 e. The summed E-state index contributed by atoms with van der Waals surface area (Å²) in [6, 6.07) is 0. The molecule has 1 N–H and O–H groups in total. The van der Waals surface area contributed by atoms with Crippen molar-refractivity contribution in [3.05, 3.63) is 0 Å². The highest BCUT2D eigenvalue weighted by Crippen LogP contribution is 2.42. The SMILES string of the molecule is CCCCCCCC(OS(=O)(=O)O)C(F)C(F)(F)C(F)(F)F. The van der Waals surface area contributed by atoms with Crippen LogP contribution in [-0.2, 0) is 14.6 Å². The Hall–Kier alpha value is -0.550. The van der Waals surface area contributed by atoms with Gasteiger partial charge in [0.05, 0.1) is 0 Å². The van der Waals surface area contributed by atoms with Crippen LogP contribution in [0.5, 0.6) is 0 Å². The van der Waals surface area contributed by atoms with E-state index in [1.165, 1.54) is 0 Å². The van der Waals surface area contributed by atoms with Crippen LogP contribution >= 0.6 is 0 Å². The highest BCUT2D eigenvalue weighted by Gasteiger charge is 2.65. The molecule has 0 heterocycles. The maximum absolute atomic E-state index is 13.5. The third kappa shape index (κ3) is 7.14. The van der Waals surface area contributed by atoms with E-state index in [-0.39, 0.29) is 6.42 Å². The third-order valence-corrected chi connectivity index (χ3v) is 3.38. The van der Waals surface area contributed by atoms with Gasteiger partial charge in [-0.15, -0.1) is 0 Å². The Kier molecular flexibility index (Phi) is 8.14. The molecule has 0 aromatic heterocycles. The van der Waals surface area contributed by atoms with Crippen LogP contribution in [0.3, 0.4) is 0 Å². The first-order chi connectivity index (χ1) is 9.83. The first kappa shape index (κ1) is 21.4. The summed E-state index contributed by atoms with van der Waals surface area (Å²) in [4.78, 5) is 0. The molecule has 0 aliphatic heterocycles. The van der Waals surface area contributed by atoms with Crippen LogP contribution in [0.1, 0.15) is 45.4 Å². The van der Waals surface area contributed by atoms with Crippen molar-refractivity contribution < 1.29 is 43.5 Å². The van der Waals surface area contributed by atoms with Gasteiger partial charge in [0.2, 0.25) is 6.17 Å². The summed E-state index contributed by atoms with van der Waals surface area (Å²) < 4.78 is 109. The van der Waals surface area contributed by atoms with E-state index in [2.05, 4.69) is 4.18 Å². The largest absolute Gasteiger partial charge is 0.456 e. The quantitative estimate of drug-likeness (QED) is 0.362. The number of unbranched alkanes of at least 4 members (excludes halogenated alkanes) is 4. The van der Waals surface area contributed by atoms with Crippen LogP contribution in [0, 0.1) is 0 Å². The van der Waals surface area contributed by atoms with Gasteiger partial charge in [-0.05, 0) is 6.42 Å². The molecule has 0 aliphatic carbocycles. The summed E-state index contributed by atoms with van der Waals surface area (Å²) in [5.41, 5.74) is 0. The average Bonchev–Trinajstić information content (AvgIpc) is 2.33. The van der Waals surface area contributed by atoms with E-state index in [0.717, 1.165) is 12.8 Å². The molecule has 0 saturated carbocycles. The van der Waals surface area contributed by atoms with Crippen LogP contribution in [-0.4, -0.2) is 37.3 Å². The highest BCUT2D eigenvalue weighted by molar-refractivity contribution is 7.80. The van der Waals surface area contributed by atoms with Crippen molar-refractivity contribution in [1.82, 2.24) is 0 Å². The normalized spacial score (nSPS) is 16.5. The summed E-state index contributed by atoms with van der Waals surface area (Å²) in [6.45, 7) is 1.88. The van der Waals surface area contributed by atoms with Gasteiger partial charge in [0, 0.05) is 0 Å². The minimum absolute atomic E-state index is 0.0193. The van der Waals surface area contributed by atoms with Crippen molar-refractivity contribution >= 4 is 10.4 Å². The smallest absolute Gasteiger partial charge is 0.264 e. The van der Waals surface area contributed by atoms with Crippen molar-refractivity contribution in [2.45, 2.75) is 69.8 Å². The zero-order valence-electron chi connectivity index (χ0n) is 11.7. The lowest BCUT2D eigenvalue weighted by atomic mass is 10.0. The van der Waals surface area contributed by atoms with Gasteiger partial charge in [-0.3, -0.25) is 4.55 Å². The Morgan fingerprint density at radius 3 is 1.95 bits per heavy atom. The van der Waals surface area contributed by atoms with Crippen molar-refractivity contribution in [1.29, 1.82) is 0 Å². The van der Waals surface area contributed by atoms with E-state index in [4.69, 9.17) is 4.55 Å². The number of hydrogen-bond donors (Lipinski definition) is 1. The second-order valence-electron chi connectivity index (χ2n) is 4.79. The maximum Gasteiger partial charge on any atom is 0.456 e. The molecule has 2 unspecified atom stereocenters. The second-order valence-corrected chi connectivity index (χ2v) is 5.84. The fourth-order valence-corrected chi connectivity index (χ4v) is 2.24. The standard InChI is InChI=1S/C11H18F6O4S/c1-2-3-4-5-6-7-8(21-22(18,19)20)9(12)10(13,14)11(15,16)17/h8-9H,2-7H2,1H3,(H,18,19,20). The first-order valence-corrected chi connectivity index (χ1v) is 7.93. The van der Waals surface area contributed by atoms with Gasteiger partial charge in [-0.25, -0.2) is 8.57 Å². The summed E-state index contributed by atoms with van der Waals surface area (Å²) in [7, 11) is -5.36. The van der Waals surface area contributed by atoms with Gasteiger partial charge in [-0.1, -0.05) is 39.0 Å². The Morgan fingerprint density at radius 2 is 1.55 bits per heavy atom. The van der Waals surface area contributed by atoms with Gasteiger partial charge in [0.1, 0.15) is 6.10 Å². The van der Waals surface area contributed by atoms with E-state index in [1.54, 1.807) is 0 Å². The maximum atomic E-state index is 13.5. The molecule has 2 atom stereocenters. The first-order valence-electron chi connectivity index (χ1n) is 6.57. The molecule has 4 nitrogen and oxygen atoms in total. The van der Waals surface area contributed by atoms with Gasteiger partial charge in [0.25, 0.3) is 0 Å². The van der Waals surface area contributed by atoms with Crippen LogP contribution in [0.4, 0.5) is 26.3 Å². The highest BCUT2D eigenvalue weighted by atomic mass is 32.3. The molecule has 11 heteroatoms. The molecular weight excluding hydrogens is 342 g/mol. The Labute approximate surface area is 124 Å². The molecular formula is C11H18F6O4S. The molecule has 0 fully saturated rings. The van der Waals surface area contributed by atoms with E-state index < -0.39 is 41.2 Å². The predicted octanol–water partition coefficient (Wildman–Crippen LogP) is 4.07. The molecule has 0 aromatic carbocycles. The number of rotatable bonds is 10. The summed E-state index contributed by atoms with van der Waals surface area (Å²) in [6.07, 6.45) is -10.9.